The first-order valence-electron chi connectivity index (χ1n) is 8.22. The van der Waals surface area contributed by atoms with Gasteiger partial charge in [-0.25, -0.2) is 8.42 Å². The molecule has 3 rings (SSSR count). The van der Waals surface area contributed by atoms with Gasteiger partial charge in [0.1, 0.15) is 0 Å². The summed E-state index contributed by atoms with van der Waals surface area (Å²) in [6, 6.07) is 10.4. The number of nitrogens with one attached hydrogen (secondary N) is 1. The van der Waals surface area contributed by atoms with E-state index in [1.54, 1.807) is 29.2 Å². The number of benzene rings is 2. The molecule has 0 aliphatic carbocycles. The van der Waals surface area contributed by atoms with Crippen molar-refractivity contribution >= 4 is 27.3 Å². The summed E-state index contributed by atoms with van der Waals surface area (Å²) >= 11 is 0. The van der Waals surface area contributed by atoms with E-state index in [0.29, 0.717) is 12.1 Å². The molecule has 6 heteroatoms. The molecule has 1 aliphatic rings. The zero-order chi connectivity index (χ0) is 18.4. The van der Waals surface area contributed by atoms with E-state index >= 15 is 0 Å². The number of nitrogens with zero attached hydrogens (tertiary/aromatic N) is 1. The smallest absolute Gasteiger partial charge is 0.261 e. The van der Waals surface area contributed by atoms with Crippen molar-refractivity contribution in [3.05, 3.63) is 53.1 Å². The maximum absolute atomic E-state index is 12.7. The lowest BCUT2D eigenvalue weighted by Gasteiger charge is -2.20. The first-order valence-corrected chi connectivity index (χ1v) is 9.70. The number of aryl methyl sites for hydroxylation is 2. The fourth-order valence-electron chi connectivity index (χ4n) is 3.27. The average Bonchev–Trinajstić information content (AvgIpc) is 2.85. The lowest BCUT2D eigenvalue weighted by atomic mass is 10.1. The fourth-order valence-corrected chi connectivity index (χ4v) is 4.37. The molecule has 1 heterocycles. The lowest BCUT2D eigenvalue weighted by molar-refractivity contribution is -0.116. The Kier molecular flexibility index (Phi) is 4.33. The van der Waals surface area contributed by atoms with Crippen LogP contribution in [-0.2, 0) is 21.2 Å². The molecule has 1 atom stereocenters. The van der Waals surface area contributed by atoms with Crippen LogP contribution in [0.4, 0.5) is 11.4 Å². The predicted octanol–water partition coefficient (Wildman–Crippen LogP) is 3.40. The topological polar surface area (TPSA) is 66.5 Å². The van der Waals surface area contributed by atoms with Gasteiger partial charge < -0.3 is 4.90 Å². The minimum absolute atomic E-state index is 0.0323. The monoisotopic (exact) mass is 358 g/mol. The van der Waals surface area contributed by atoms with Crippen molar-refractivity contribution in [2.75, 3.05) is 9.62 Å². The van der Waals surface area contributed by atoms with Gasteiger partial charge in [-0.1, -0.05) is 6.07 Å². The summed E-state index contributed by atoms with van der Waals surface area (Å²) in [5, 5.41) is 0. The Morgan fingerprint density at radius 1 is 1.12 bits per heavy atom. The van der Waals surface area contributed by atoms with Crippen LogP contribution in [-0.4, -0.2) is 20.4 Å². The fraction of sp³-hybridized carbons (Fsp3) is 0.316. The number of rotatable bonds is 3. The number of carbonyl (C=O) groups excluding carboxylic acids is 1. The Hall–Kier alpha value is -2.34. The van der Waals surface area contributed by atoms with E-state index in [9.17, 15) is 13.2 Å². The minimum Gasteiger partial charge on any atom is -0.309 e. The van der Waals surface area contributed by atoms with Crippen LogP contribution in [0.5, 0.6) is 0 Å². The van der Waals surface area contributed by atoms with Crippen LogP contribution in [0.25, 0.3) is 0 Å². The number of hydrogen-bond donors (Lipinski definition) is 1. The predicted molar refractivity (Wildman–Crippen MR) is 99.5 cm³/mol. The van der Waals surface area contributed by atoms with Crippen molar-refractivity contribution < 1.29 is 13.2 Å². The standard InChI is InChI=1S/C19H22N2O3S/c1-12-5-6-17(9-13(12)2)20-25(23,24)18-7-8-19-16(11-18)10-14(3)21(19)15(4)22/h5-9,11,14,20H,10H2,1-4H3/t14-/m0/s1. The van der Waals surface area contributed by atoms with Gasteiger partial charge in [0.15, 0.2) is 0 Å². The molecule has 0 radical (unpaired) electrons. The van der Waals surface area contributed by atoms with E-state index in [0.717, 1.165) is 22.4 Å². The summed E-state index contributed by atoms with van der Waals surface area (Å²) in [5.41, 5.74) is 4.36. The Balaban J connectivity index is 1.93. The first kappa shape index (κ1) is 17.5. The quantitative estimate of drug-likeness (QED) is 0.914. The molecule has 2 aromatic rings. The molecule has 1 amide bonds. The van der Waals surface area contributed by atoms with Crippen LogP contribution < -0.4 is 9.62 Å². The molecule has 25 heavy (non-hydrogen) atoms. The number of carbonyl (C=O) groups is 1. The van der Waals surface area contributed by atoms with Gasteiger partial charge in [0, 0.05) is 24.3 Å². The van der Waals surface area contributed by atoms with Crippen molar-refractivity contribution in [1.82, 2.24) is 0 Å². The molecule has 2 aromatic carbocycles. The van der Waals surface area contributed by atoms with Gasteiger partial charge >= 0.3 is 0 Å². The summed E-state index contributed by atoms with van der Waals surface area (Å²) in [7, 11) is -3.67. The van der Waals surface area contributed by atoms with Crippen LogP contribution in [0.2, 0.25) is 0 Å². The maximum Gasteiger partial charge on any atom is 0.261 e. The van der Waals surface area contributed by atoms with Gasteiger partial charge in [0.2, 0.25) is 5.91 Å². The van der Waals surface area contributed by atoms with Crippen LogP contribution in [0.15, 0.2) is 41.3 Å². The summed E-state index contributed by atoms with van der Waals surface area (Å²) < 4.78 is 28.0. The highest BCUT2D eigenvalue weighted by Crippen LogP contribution is 2.34. The van der Waals surface area contributed by atoms with Crippen molar-refractivity contribution in [3.8, 4) is 0 Å². The van der Waals surface area contributed by atoms with Crippen LogP contribution in [0.3, 0.4) is 0 Å². The molecular formula is C19H22N2O3S. The second-order valence-corrected chi connectivity index (χ2v) is 8.32. The second-order valence-electron chi connectivity index (χ2n) is 6.64. The Morgan fingerprint density at radius 2 is 1.84 bits per heavy atom. The summed E-state index contributed by atoms with van der Waals surface area (Å²) in [6.07, 6.45) is 0.655. The van der Waals surface area contributed by atoms with Crippen molar-refractivity contribution in [3.63, 3.8) is 0 Å². The molecular weight excluding hydrogens is 336 g/mol. The maximum atomic E-state index is 12.7. The Bertz CT molecular complexity index is 951. The normalized spacial score (nSPS) is 16.6. The van der Waals surface area contributed by atoms with E-state index < -0.39 is 10.0 Å². The molecule has 0 spiro atoms. The van der Waals surface area contributed by atoms with Crippen LogP contribution in [0.1, 0.15) is 30.5 Å². The third-order valence-corrected chi connectivity index (χ3v) is 6.05. The molecule has 0 saturated carbocycles. The number of hydrogen-bond acceptors (Lipinski definition) is 3. The molecule has 132 valence electrons. The average molecular weight is 358 g/mol. The zero-order valence-electron chi connectivity index (χ0n) is 14.8. The van der Waals surface area contributed by atoms with Crippen molar-refractivity contribution in [1.29, 1.82) is 0 Å². The zero-order valence-corrected chi connectivity index (χ0v) is 15.6. The van der Waals surface area contributed by atoms with E-state index in [-0.39, 0.29) is 16.8 Å². The summed E-state index contributed by atoms with van der Waals surface area (Å²) in [5.74, 6) is -0.0323. The summed E-state index contributed by atoms with van der Waals surface area (Å²) in [4.78, 5) is 13.7. The third-order valence-electron chi connectivity index (χ3n) is 4.68. The molecule has 0 unspecified atom stereocenters. The first-order chi connectivity index (χ1) is 11.7. The lowest BCUT2D eigenvalue weighted by Crippen LogP contribution is -2.33. The number of amides is 1. The van der Waals surface area contributed by atoms with E-state index in [2.05, 4.69) is 4.72 Å². The van der Waals surface area contributed by atoms with Crippen molar-refractivity contribution in [2.45, 2.75) is 45.1 Å². The highest BCUT2D eigenvalue weighted by molar-refractivity contribution is 7.92. The highest BCUT2D eigenvalue weighted by atomic mass is 32.2. The van der Waals surface area contributed by atoms with Gasteiger partial charge in [0.05, 0.1) is 4.90 Å². The molecule has 0 fully saturated rings. The van der Waals surface area contributed by atoms with Gasteiger partial charge in [-0.3, -0.25) is 9.52 Å². The van der Waals surface area contributed by atoms with Gasteiger partial charge in [0.25, 0.3) is 10.0 Å². The van der Waals surface area contributed by atoms with Gasteiger partial charge in [-0.2, -0.15) is 0 Å². The minimum atomic E-state index is -3.67. The molecule has 5 nitrogen and oxygen atoms in total. The molecule has 0 aromatic heterocycles. The van der Waals surface area contributed by atoms with Crippen LogP contribution >= 0.6 is 0 Å². The Labute approximate surface area is 148 Å². The highest BCUT2D eigenvalue weighted by Gasteiger charge is 2.30. The molecule has 0 bridgehead atoms. The number of fused-ring (bicyclic) bond motifs is 1. The SMILES string of the molecule is CC(=O)N1c2ccc(S(=O)(=O)Nc3ccc(C)c(C)c3)cc2C[C@@H]1C. The largest absolute Gasteiger partial charge is 0.309 e. The van der Waals surface area contributed by atoms with Crippen LogP contribution in [0, 0.1) is 13.8 Å². The van der Waals surface area contributed by atoms with Crippen molar-refractivity contribution in [2.24, 2.45) is 0 Å². The van der Waals surface area contributed by atoms with E-state index in [1.165, 1.54) is 6.92 Å². The van der Waals surface area contributed by atoms with E-state index in [1.807, 2.05) is 32.9 Å². The number of anilines is 2. The summed E-state index contributed by atoms with van der Waals surface area (Å²) in [6.45, 7) is 7.41. The van der Waals surface area contributed by atoms with Gasteiger partial charge in [-0.15, -0.1) is 0 Å². The molecule has 1 aliphatic heterocycles. The third kappa shape index (κ3) is 3.26. The van der Waals surface area contributed by atoms with Gasteiger partial charge in [-0.05, 0) is 74.2 Å². The molecule has 0 saturated heterocycles. The second kappa shape index (κ2) is 6.19. The Morgan fingerprint density at radius 3 is 2.48 bits per heavy atom. The van der Waals surface area contributed by atoms with E-state index in [4.69, 9.17) is 0 Å². The molecule has 1 N–H and O–H groups in total. The number of sulfonamides is 1.